The molecule has 2 spiro atoms. The first-order valence-corrected chi connectivity index (χ1v) is 21.4. The van der Waals surface area contributed by atoms with Crippen LogP contribution in [-0.4, -0.2) is 9.97 Å². The van der Waals surface area contributed by atoms with Gasteiger partial charge in [-0.15, -0.1) is 0 Å². The Balaban J connectivity index is 1.12. The fraction of sp³-hybridized carbons (Fsp3) is 0.0690. The molecule has 2 aromatic heterocycles. The average Bonchev–Trinajstić information content (AvgIpc) is 3.96. The minimum Gasteiger partial charge on any atom is -0.456 e. The smallest absolute Gasteiger partial charge is 0.160 e. The molecule has 0 N–H and O–H groups in total. The molecule has 14 rings (SSSR count). The van der Waals surface area contributed by atoms with Crippen LogP contribution in [0.3, 0.4) is 0 Å². The van der Waals surface area contributed by atoms with E-state index in [1.807, 2.05) is 0 Å². The highest BCUT2D eigenvalue weighted by Crippen LogP contribution is 2.68. The predicted molar refractivity (Wildman–Crippen MR) is 247 cm³/mol. The van der Waals surface area contributed by atoms with E-state index in [2.05, 4.69) is 194 Å². The number of hydrogen-bond acceptors (Lipinski definition) is 3. The molecule has 3 heteroatoms. The average molecular weight is 777 g/mol. The second-order valence-corrected chi connectivity index (χ2v) is 17.0. The van der Waals surface area contributed by atoms with Gasteiger partial charge in [0, 0.05) is 21.7 Å². The molecule has 4 aliphatic rings. The van der Waals surface area contributed by atoms with Crippen LogP contribution in [0.2, 0.25) is 0 Å². The second-order valence-electron chi connectivity index (χ2n) is 17.0. The topological polar surface area (TPSA) is 38.9 Å². The molecule has 0 atom stereocenters. The number of nitrogens with zero attached hydrogens (tertiary/aromatic N) is 2. The standard InChI is InChI=1S/C58H36N2O/c1-2-16-35(17-3-1)55-39-20-6-14-28-50(39)59-56(60-55)36-30-31-44-41(34-36)53-49(32-33-52-54(53)40-21-7-15-29-51(40)61-52)58(44)47-26-12-10-24-45(47)57(46-25-11-13-27-48(46)58)42-22-8-4-18-37(42)38-19-5-9-23-43(38)57/h1-2,4-16,18-34H,3,17H2. The predicted octanol–water partition coefficient (Wildman–Crippen LogP) is 14.0. The number of furan rings is 1. The van der Waals surface area contributed by atoms with Crippen LogP contribution in [0.25, 0.3) is 72.1 Å². The molecule has 0 bridgehead atoms. The molecule has 10 aromatic rings. The molecule has 3 nitrogen and oxygen atoms in total. The van der Waals surface area contributed by atoms with Crippen molar-refractivity contribution in [1.82, 2.24) is 9.97 Å². The number of benzene rings is 8. The van der Waals surface area contributed by atoms with Gasteiger partial charge in [-0.2, -0.15) is 0 Å². The van der Waals surface area contributed by atoms with Crippen molar-refractivity contribution in [2.75, 3.05) is 0 Å². The zero-order valence-corrected chi connectivity index (χ0v) is 33.2. The Hall–Kier alpha value is -7.62. The normalized spacial score (nSPS) is 15.7. The van der Waals surface area contributed by atoms with E-state index in [4.69, 9.17) is 14.4 Å². The van der Waals surface area contributed by atoms with E-state index in [9.17, 15) is 0 Å². The number of allylic oxidation sites excluding steroid dienone is 4. The van der Waals surface area contributed by atoms with Gasteiger partial charge in [0.05, 0.1) is 22.0 Å². The van der Waals surface area contributed by atoms with Crippen molar-refractivity contribution in [2.45, 2.75) is 23.7 Å². The molecule has 284 valence electrons. The van der Waals surface area contributed by atoms with Gasteiger partial charge in [0.25, 0.3) is 0 Å². The third-order valence-electron chi connectivity index (χ3n) is 14.2. The van der Waals surface area contributed by atoms with Gasteiger partial charge in [0.1, 0.15) is 11.2 Å². The number of rotatable bonds is 2. The van der Waals surface area contributed by atoms with Gasteiger partial charge in [-0.1, -0.05) is 170 Å². The highest BCUT2D eigenvalue weighted by Gasteiger charge is 2.59. The number of fused-ring (bicyclic) bond motifs is 21. The minimum atomic E-state index is -0.630. The van der Waals surface area contributed by atoms with E-state index < -0.39 is 10.8 Å². The molecular weight excluding hydrogens is 741 g/mol. The Kier molecular flexibility index (Phi) is 6.53. The summed E-state index contributed by atoms with van der Waals surface area (Å²) in [5.41, 5.74) is 20.4. The Bertz CT molecular complexity index is 3520. The van der Waals surface area contributed by atoms with Gasteiger partial charge in [-0.25, -0.2) is 9.97 Å². The molecule has 8 aromatic carbocycles. The van der Waals surface area contributed by atoms with E-state index in [0.29, 0.717) is 0 Å². The first-order chi connectivity index (χ1) is 30.3. The quantitative estimate of drug-likeness (QED) is 0.175. The maximum Gasteiger partial charge on any atom is 0.160 e. The number of hydrogen-bond donors (Lipinski definition) is 0. The summed E-state index contributed by atoms with van der Waals surface area (Å²) in [5, 5.41) is 3.36. The van der Waals surface area contributed by atoms with E-state index in [1.54, 1.807) is 0 Å². The number of aromatic nitrogens is 2. The molecule has 4 aliphatic carbocycles. The molecule has 0 amide bonds. The van der Waals surface area contributed by atoms with Crippen molar-refractivity contribution in [3.63, 3.8) is 0 Å². The van der Waals surface area contributed by atoms with E-state index in [1.165, 1.54) is 72.3 Å². The van der Waals surface area contributed by atoms with Gasteiger partial charge < -0.3 is 4.42 Å². The van der Waals surface area contributed by atoms with E-state index in [-0.39, 0.29) is 0 Å². The monoisotopic (exact) mass is 776 g/mol. The SMILES string of the molecule is C1=CCCC(c2nc(-c3ccc4c(c3)-c3c(ccc5oc6ccccc6c35)C43c4ccccc4C4(c5ccccc5-c5ccccc54)c4ccccc43)nc3ccccc23)=C1. The van der Waals surface area contributed by atoms with Gasteiger partial charge in [-0.05, 0) is 109 Å². The van der Waals surface area contributed by atoms with Crippen molar-refractivity contribution in [2.24, 2.45) is 0 Å². The zero-order chi connectivity index (χ0) is 39.9. The number of para-hydroxylation sites is 2. The summed E-state index contributed by atoms with van der Waals surface area (Å²) < 4.78 is 6.67. The highest BCUT2D eigenvalue weighted by molar-refractivity contribution is 6.16. The summed E-state index contributed by atoms with van der Waals surface area (Å²) in [5.74, 6) is 0.737. The van der Waals surface area contributed by atoms with Crippen molar-refractivity contribution in [3.05, 3.63) is 244 Å². The third-order valence-corrected chi connectivity index (χ3v) is 14.2. The van der Waals surface area contributed by atoms with Gasteiger partial charge in [0.2, 0.25) is 0 Å². The molecule has 2 heterocycles. The van der Waals surface area contributed by atoms with Gasteiger partial charge in [-0.3, -0.25) is 0 Å². The fourth-order valence-electron chi connectivity index (χ4n) is 12.0. The van der Waals surface area contributed by atoms with Crippen LogP contribution >= 0.6 is 0 Å². The van der Waals surface area contributed by atoms with Crippen LogP contribution in [0.5, 0.6) is 0 Å². The minimum absolute atomic E-state index is 0.501. The summed E-state index contributed by atoms with van der Waals surface area (Å²) in [7, 11) is 0. The highest BCUT2D eigenvalue weighted by atomic mass is 16.3. The van der Waals surface area contributed by atoms with Crippen LogP contribution < -0.4 is 0 Å². The van der Waals surface area contributed by atoms with Crippen molar-refractivity contribution < 1.29 is 4.42 Å². The lowest BCUT2D eigenvalue weighted by Gasteiger charge is -2.48. The van der Waals surface area contributed by atoms with Crippen LogP contribution in [-0.2, 0) is 10.8 Å². The summed E-state index contributed by atoms with van der Waals surface area (Å²) >= 11 is 0. The van der Waals surface area contributed by atoms with Gasteiger partial charge in [0.15, 0.2) is 5.82 Å². The lowest BCUT2D eigenvalue weighted by molar-refractivity contribution is 0.632. The molecule has 0 saturated heterocycles. The molecule has 0 aliphatic heterocycles. The molecule has 0 unspecified atom stereocenters. The van der Waals surface area contributed by atoms with Crippen LogP contribution in [0, 0.1) is 0 Å². The lowest BCUT2D eigenvalue weighted by atomic mass is 9.52. The Morgan fingerprint density at radius 3 is 1.72 bits per heavy atom. The van der Waals surface area contributed by atoms with Gasteiger partial charge >= 0.3 is 0 Å². The largest absolute Gasteiger partial charge is 0.456 e. The maximum atomic E-state index is 6.67. The summed E-state index contributed by atoms with van der Waals surface area (Å²) in [6, 6.07) is 65.3. The first kappa shape index (κ1) is 33.2. The van der Waals surface area contributed by atoms with E-state index in [0.717, 1.165) is 62.8 Å². The van der Waals surface area contributed by atoms with Crippen molar-refractivity contribution >= 4 is 38.4 Å². The summed E-state index contributed by atoms with van der Waals surface area (Å²) in [4.78, 5) is 10.7. The zero-order valence-electron chi connectivity index (χ0n) is 33.2. The Morgan fingerprint density at radius 2 is 1.03 bits per heavy atom. The molecule has 0 fully saturated rings. The van der Waals surface area contributed by atoms with Crippen LogP contribution in [0.15, 0.2) is 199 Å². The van der Waals surface area contributed by atoms with Crippen LogP contribution in [0.1, 0.15) is 63.0 Å². The molecular formula is C58H36N2O. The fourth-order valence-corrected chi connectivity index (χ4v) is 12.0. The van der Waals surface area contributed by atoms with Crippen molar-refractivity contribution in [1.29, 1.82) is 0 Å². The third kappa shape index (κ3) is 4.09. The van der Waals surface area contributed by atoms with Crippen LogP contribution in [0.4, 0.5) is 0 Å². The molecule has 61 heavy (non-hydrogen) atoms. The molecule has 0 radical (unpaired) electrons. The molecule has 0 saturated carbocycles. The van der Waals surface area contributed by atoms with Crippen molar-refractivity contribution in [3.8, 4) is 33.6 Å². The first-order valence-electron chi connectivity index (χ1n) is 21.4. The second kappa shape index (κ2) is 12.0. The maximum absolute atomic E-state index is 6.67. The Morgan fingerprint density at radius 1 is 0.459 bits per heavy atom. The summed E-state index contributed by atoms with van der Waals surface area (Å²) in [6.07, 6.45) is 8.58. The summed E-state index contributed by atoms with van der Waals surface area (Å²) in [6.45, 7) is 0. The lowest BCUT2D eigenvalue weighted by Crippen LogP contribution is -2.43. The Labute approximate surface area is 353 Å². The van der Waals surface area contributed by atoms with E-state index >= 15 is 0 Å².